The Balaban J connectivity index is 1.78. The third-order valence-electron chi connectivity index (χ3n) is 4.09. The van der Waals surface area contributed by atoms with Crippen LogP contribution < -0.4 is 5.32 Å². The summed E-state index contributed by atoms with van der Waals surface area (Å²) in [6.45, 7) is -0.0793. The quantitative estimate of drug-likeness (QED) is 0.638. The van der Waals surface area contributed by atoms with Gasteiger partial charge in [-0.1, -0.05) is 29.8 Å². The van der Waals surface area contributed by atoms with Gasteiger partial charge in [0.2, 0.25) is 0 Å². The number of amides is 1. The smallest absolute Gasteiger partial charge is 0.255 e. The second kappa shape index (κ2) is 9.10. The number of rotatable bonds is 6. The molecule has 2 N–H and O–H groups in total. The average Bonchev–Trinajstić information content (AvgIpc) is 2.69. The predicted octanol–water partition coefficient (Wildman–Crippen LogP) is 4.03. The predicted molar refractivity (Wildman–Crippen MR) is 113 cm³/mol. The van der Waals surface area contributed by atoms with Gasteiger partial charge in [-0.15, -0.1) is 0 Å². The van der Waals surface area contributed by atoms with Crippen LogP contribution in [0.25, 0.3) is 11.3 Å². The number of carbonyl (C=O) groups excluding carboxylic acids is 1. The normalized spacial score (nSPS) is 11.8. The number of anilines is 1. The van der Waals surface area contributed by atoms with E-state index in [9.17, 15) is 9.00 Å². The molecule has 3 rings (SSSR count). The van der Waals surface area contributed by atoms with Crippen molar-refractivity contribution in [3.63, 3.8) is 0 Å². The van der Waals surface area contributed by atoms with Crippen molar-refractivity contribution >= 4 is 34.0 Å². The lowest BCUT2D eigenvalue weighted by atomic mass is 10.1. The van der Waals surface area contributed by atoms with E-state index in [2.05, 4.69) is 10.3 Å². The number of halogens is 1. The highest BCUT2D eigenvalue weighted by Gasteiger charge is 2.10. The number of aliphatic hydroxyl groups is 1. The van der Waals surface area contributed by atoms with E-state index in [1.807, 2.05) is 0 Å². The third-order valence-corrected chi connectivity index (χ3v) is 5.16. The molecule has 3 aromatic rings. The van der Waals surface area contributed by atoms with Crippen molar-refractivity contribution in [3.05, 3.63) is 82.5 Å². The molecule has 0 radical (unpaired) electrons. The molecule has 1 aromatic heterocycles. The molecule has 5 nitrogen and oxygen atoms in total. The first-order valence-corrected chi connectivity index (χ1v) is 10.6. The Hall–Kier alpha value is -2.54. The van der Waals surface area contributed by atoms with Crippen molar-refractivity contribution in [1.82, 2.24) is 4.98 Å². The Morgan fingerprint density at radius 1 is 1.11 bits per heavy atom. The Labute approximate surface area is 170 Å². The molecular weight excluding hydrogens is 396 g/mol. The summed E-state index contributed by atoms with van der Waals surface area (Å²) in [5.74, 6) is 0.214. The van der Waals surface area contributed by atoms with Crippen LogP contribution in [0.3, 0.4) is 0 Å². The number of nitrogens with one attached hydrogen (secondary N) is 1. The first kappa shape index (κ1) is 20.2. The molecule has 0 saturated heterocycles. The molecule has 0 spiro atoms. The maximum Gasteiger partial charge on any atom is 0.255 e. The molecule has 0 fully saturated rings. The van der Waals surface area contributed by atoms with Crippen LogP contribution in [0.4, 0.5) is 5.69 Å². The zero-order chi connectivity index (χ0) is 20.1. The highest BCUT2D eigenvalue weighted by molar-refractivity contribution is 7.83. The van der Waals surface area contributed by atoms with Crippen molar-refractivity contribution < 1.29 is 14.1 Å². The number of aromatic nitrogens is 1. The lowest BCUT2D eigenvalue weighted by Crippen LogP contribution is -2.12. The van der Waals surface area contributed by atoms with Gasteiger partial charge in [0.05, 0.1) is 17.3 Å². The number of nitrogens with zero attached hydrogens (tertiary/aromatic N) is 1. The number of aliphatic hydroxyl groups excluding tert-OH is 1. The van der Waals surface area contributed by atoms with Gasteiger partial charge in [-0.05, 0) is 47.5 Å². The fourth-order valence-corrected chi connectivity index (χ4v) is 3.54. The van der Waals surface area contributed by atoms with Crippen LogP contribution in [-0.4, -0.2) is 26.5 Å². The first-order chi connectivity index (χ1) is 13.5. The number of hydrogen-bond acceptors (Lipinski definition) is 4. The molecular formula is C21H19ClN2O3S. The van der Waals surface area contributed by atoms with Gasteiger partial charge in [0, 0.05) is 45.8 Å². The summed E-state index contributed by atoms with van der Waals surface area (Å²) in [6, 6.07) is 15.8. The minimum atomic E-state index is -0.924. The lowest BCUT2D eigenvalue weighted by molar-refractivity contribution is 0.102. The fraction of sp³-hybridized carbons (Fsp3) is 0.143. The van der Waals surface area contributed by atoms with Crippen LogP contribution in [0.15, 0.2) is 60.8 Å². The monoisotopic (exact) mass is 414 g/mol. The Morgan fingerprint density at radius 3 is 2.43 bits per heavy atom. The van der Waals surface area contributed by atoms with Gasteiger partial charge in [-0.2, -0.15) is 0 Å². The van der Waals surface area contributed by atoms with Crippen molar-refractivity contribution in [1.29, 1.82) is 0 Å². The number of pyridine rings is 1. The first-order valence-electron chi connectivity index (χ1n) is 8.52. The van der Waals surface area contributed by atoms with Crippen molar-refractivity contribution in [2.75, 3.05) is 11.6 Å². The lowest BCUT2D eigenvalue weighted by Gasteiger charge is -2.10. The van der Waals surface area contributed by atoms with Crippen molar-refractivity contribution in [3.8, 4) is 11.3 Å². The summed E-state index contributed by atoms with van der Waals surface area (Å²) in [4.78, 5) is 16.8. The van der Waals surface area contributed by atoms with Gasteiger partial charge in [0.25, 0.3) is 5.91 Å². The molecule has 0 bridgehead atoms. The van der Waals surface area contributed by atoms with Gasteiger partial charge in [0.1, 0.15) is 0 Å². The van der Waals surface area contributed by atoms with Crippen LogP contribution in [0.5, 0.6) is 0 Å². The second-order valence-corrected chi connectivity index (χ2v) is 8.12. The van der Waals surface area contributed by atoms with E-state index in [0.717, 1.165) is 5.56 Å². The molecule has 0 aliphatic carbocycles. The Morgan fingerprint density at radius 2 is 1.82 bits per heavy atom. The molecule has 2 aromatic carbocycles. The van der Waals surface area contributed by atoms with Gasteiger partial charge < -0.3 is 10.4 Å². The van der Waals surface area contributed by atoms with Crippen molar-refractivity contribution in [2.24, 2.45) is 0 Å². The van der Waals surface area contributed by atoms with Crippen LogP contribution in [0.1, 0.15) is 21.5 Å². The average molecular weight is 415 g/mol. The maximum absolute atomic E-state index is 12.5. The van der Waals surface area contributed by atoms with E-state index in [0.29, 0.717) is 38.8 Å². The molecule has 1 atom stereocenters. The second-order valence-electron chi connectivity index (χ2n) is 6.27. The summed E-state index contributed by atoms with van der Waals surface area (Å²) in [5, 5.41) is 12.5. The summed E-state index contributed by atoms with van der Waals surface area (Å²) in [7, 11) is -0.924. The SMILES string of the molecule is CS(=O)Cc1ccc(C(=O)Nc2ccc(Cl)c(-c3ccc(CO)cn3)c2)cc1. The highest BCUT2D eigenvalue weighted by Crippen LogP contribution is 2.29. The van der Waals surface area contributed by atoms with E-state index in [1.165, 1.54) is 0 Å². The molecule has 7 heteroatoms. The molecule has 1 heterocycles. The van der Waals surface area contributed by atoms with Crippen LogP contribution >= 0.6 is 11.6 Å². The van der Waals surface area contributed by atoms with E-state index in [4.69, 9.17) is 16.7 Å². The zero-order valence-electron chi connectivity index (χ0n) is 15.2. The number of benzene rings is 2. The molecule has 1 amide bonds. The summed E-state index contributed by atoms with van der Waals surface area (Å²) >= 11 is 6.29. The minimum absolute atomic E-state index is 0.0793. The Kier molecular flexibility index (Phi) is 6.57. The molecule has 144 valence electrons. The van der Waals surface area contributed by atoms with Crippen LogP contribution in [0, 0.1) is 0 Å². The molecule has 0 aliphatic heterocycles. The fourth-order valence-electron chi connectivity index (χ4n) is 2.67. The Bertz CT molecular complexity index is 1010. The van der Waals surface area contributed by atoms with Crippen LogP contribution in [-0.2, 0) is 23.2 Å². The van der Waals surface area contributed by atoms with Crippen molar-refractivity contribution in [2.45, 2.75) is 12.4 Å². The van der Waals surface area contributed by atoms with Gasteiger partial charge >= 0.3 is 0 Å². The number of hydrogen-bond donors (Lipinski definition) is 2. The van der Waals surface area contributed by atoms with E-state index < -0.39 is 10.8 Å². The summed E-state index contributed by atoms with van der Waals surface area (Å²) in [6.07, 6.45) is 3.23. The standard InChI is InChI=1S/C21H19ClN2O3S/c1-28(27)13-14-2-5-16(6-3-14)21(26)24-17-7-8-19(22)18(10-17)20-9-4-15(12-25)11-23-20/h2-11,25H,12-13H2,1H3,(H,24,26). The zero-order valence-corrected chi connectivity index (χ0v) is 16.8. The third kappa shape index (κ3) is 5.04. The minimum Gasteiger partial charge on any atom is -0.392 e. The van der Waals surface area contributed by atoms with E-state index in [-0.39, 0.29) is 12.5 Å². The molecule has 1 unspecified atom stereocenters. The maximum atomic E-state index is 12.5. The summed E-state index contributed by atoms with van der Waals surface area (Å²) < 4.78 is 11.3. The highest BCUT2D eigenvalue weighted by atomic mass is 35.5. The van der Waals surface area contributed by atoms with Crippen LogP contribution in [0.2, 0.25) is 5.02 Å². The summed E-state index contributed by atoms with van der Waals surface area (Å²) in [5.41, 5.74) is 4.06. The number of carbonyl (C=O) groups is 1. The molecule has 0 saturated carbocycles. The van der Waals surface area contributed by atoms with E-state index >= 15 is 0 Å². The topological polar surface area (TPSA) is 79.3 Å². The molecule has 0 aliphatic rings. The molecule has 28 heavy (non-hydrogen) atoms. The largest absolute Gasteiger partial charge is 0.392 e. The van der Waals surface area contributed by atoms with E-state index in [1.54, 1.807) is 67.0 Å². The van der Waals surface area contributed by atoms with Gasteiger partial charge in [-0.25, -0.2) is 0 Å². The van der Waals surface area contributed by atoms with Gasteiger partial charge in [0.15, 0.2) is 0 Å². The van der Waals surface area contributed by atoms with Gasteiger partial charge in [-0.3, -0.25) is 14.0 Å².